The SMILES string of the molecule is N#Cc1ccc(NCCC2CCCN2)cc1Cl. The van der Waals surface area contributed by atoms with Gasteiger partial charge in [0.05, 0.1) is 10.6 Å². The fourth-order valence-corrected chi connectivity index (χ4v) is 2.33. The van der Waals surface area contributed by atoms with E-state index >= 15 is 0 Å². The summed E-state index contributed by atoms with van der Waals surface area (Å²) in [5.41, 5.74) is 1.50. The number of hydrogen-bond donors (Lipinski definition) is 2. The highest BCUT2D eigenvalue weighted by atomic mass is 35.5. The molecule has 2 N–H and O–H groups in total. The van der Waals surface area contributed by atoms with E-state index in [0.29, 0.717) is 16.6 Å². The maximum atomic E-state index is 8.77. The molecule has 1 heterocycles. The second-order valence-corrected chi connectivity index (χ2v) is 4.72. The summed E-state index contributed by atoms with van der Waals surface area (Å²) >= 11 is 5.96. The number of halogens is 1. The van der Waals surface area contributed by atoms with Gasteiger partial charge in [-0.25, -0.2) is 0 Å². The van der Waals surface area contributed by atoms with Crippen molar-refractivity contribution in [3.05, 3.63) is 28.8 Å². The molecule has 2 rings (SSSR count). The molecule has 0 bridgehead atoms. The van der Waals surface area contributed by atoms with Crippen LogP contribution in [0, 0.1) is 11.3 Å². The molecule has 0 aromatic heterocycles. The summed E-state index contributed by atoms with van der Waals surface area (Å²) in [6.07, 6.45) is 3.68. The third-order valence-corrected chi connectivity index (χ3v) is 3.39. The van der Waals surface area contributed by atoms with Gasteiger partial charge in [-0.3, -0.25) is 0 Å². The fourth-order valence-electron chi connectivity index (χ4n) is 2.11. The molecule has 1 saturated heterocycles. The predicted octanol–water partition coefficient (Wildman–Crippen LogP) is 2.77. The zero-order chi connectivity index (χ0) is 12.1. The molecule has 1 aromatic rings. The third-order valence-electron chi connectivity index (χ3n) is 3.07. The van der Waals surface area contributed by atoms with Crippen molar-refractivity contribution < 1.29 is 0 Å². The van der Waals surface area contributed by atoms with Crippen molar-refractivity contribution >= 4 is 17.3 Å². The monoisotopic (exact) mass is 249 g/mol. The van der Waals surface area contributed by atoms with Gasteiger partial charge in [0.1, 0.15) is 6.07 Å². The minimum atomic E-state index is 0.511. The number of rotatable bonds is 4. The maximum Gasteiger partial charge on any atom is 0.101 e. The highest BCUT2D eigenvalue weighted by molar-refractivity contribution is 6.32. The van der Waals surface area contributed by atoms with Crippen LogP contribution in [0.4, 0.5) is 5.69 Å². The number of anilines is 1. The molecule has 1 aliphatic rings. The number of hydrogen-bond acceptors (Lipinski definition) is 3. The van der Waals surface area contributed by atoms with Crippen LogP contribution in [-0.4, -0.2) is 19.1 Å². The normalized spacial score (nSPS) is 18.9. The Kier molecular flexibility index (Phi) is 4.24. The first-order valence-corrected chi connectivity index (χ1v) is 6.34. The molecule has 1 aromatic carbocycles. The van der Waals surface area contributed by atoms with Crippen LogP contribution >= 0.6 is 11.6 Å². The molecular formula is C13H16ClN3. The Bertz CT molecular complexity index is 419. The molecule has 0 amide bonds. The molecule has 0 spiro atoms. The van der Waals surface area contributed by atoms with E-state index in [2.05, 4.69) is 16.7 Å². The summed E-state index contributed by atoms with van der Waals surface area (Å²) in [6.45, 7) is 2.08. The van der Waals surface area contributed by atoms with Crippen molar-refractivity contribution in [2.45, 2.75) is 25.3 Å². The van der Waals surface area contributed by atoms with E-state index in [1.807, 2.05) is 12.1 Å². The first-order chi connectivity index (χ1) is 8.29. The summed E-state index contributed by atoms with van der Waals surface area (Å²) < 4.78 is 0. The molecular weight excluding hydrogens is 234 g/mol. The molecule has 1 fully saturated rings. The van der Waals surface area contributed by atoms with Crippen molar-refractivity contribution in [3.63, 3.8) is 0 Å². The van der Waals surface area contributed by atoms with E-state index < -0.39 is 0 Å². The second-order valence-electron chi connectivity index (χ2n) is 4.32. The van der Waals surface area contributed by atoms with Crippen LogP contribution in [0.25, 0.3) is 0 Å². The van der Waals surface area contributed by atoms with Crippen LogP contribution in [0.1, 0.15) is 24.8 Å². The van der Waals surface area contributed by atoms with Crippen molar-refractivity contribution in [2.24, 2.45) is 0 Å². The predicted molar refractivity (Wildman–Crippen MR) is 70.3 cm³/mol. The highest BCUT2D eigenvalue weighted by Gasteiger charge is 2.12. The van der Waals surface area contributed by atoms with Crippen LogP contribution in [0.5, 0.6) is 0 Å². The average Bonchev–Trinajstić information content (AvgIpc) is 2.82. The zero-order valence-electron chi connectivity index (χ0n) is 9.67. The molecule has 0 radical (unpaired) electrons. The number of benzene rings is 1. The average molecular weight is 250 g/mol. The number of nitrogens with one attached hydrogen (secondary N) is 2. The molecule has 1 aliphatic heterocycles. The molecule has 17 heavy (non-hydrogen) atoms. The van der Waals surface area contributed by atoms with E-state index in [9.17, 15) is 0 Å². The molecule has 0 saturated carbocycles. The molecule has 0 aliphatic carbocycles. The Morgan fingerprint density at radius 2 is 2.41 bits per heavy atom. The molecule has 1 unspecified atom stereocenters. The molecule has 90 valence electrons. The van der Waals surface area contributed by atoms with Crippen molar-refractivity contribution in [1.29, 1.82) is 5.26 Å². The van der Waals surface area contributed by atoms with Gasteiger partial charge in [-0.15, -0.1) is 0 Å². The standard InChI is InChI=1S/C13H16ClN3/c14-13-8-12(4-3-10(13)9-15)17-7-5-11-2-1-6-16-11/h3-4,8,11,16-17H,1-2,5-7H2. The van der Waals surface area contributed by atoms with Crippen LogP contribution in [-0.2, 0) is 0 Å². The van der Waals surface area contributed by atoms with Gasteiger partial charge in [0.15, 0.2) is 0 Å². The lowest BCUT2D eigenvalue weighted by Crippen LogP contribution is -2.24. The third kappa shape index (κ3) is 3.36. The van der Waals surface area contributed by atoms with E-state index in [0.717, 1.165) is 25.2 Å². The van der Waals surface area contributed by atoms with Crippen LogP contribution in [0.2, 0.25) is 5.02 Å². The summed E-state index contributed by atoms with van der Waals surface area (Å²) in [7, 11) is 0. The van der Waals surface area contributed by atoms with Gasteiger partial charge in [0, 0.05) is 18.3 Å². The van der Waals surface area contributed by atoms with Crippen molar-refractivity contribution in [3.8, 4) is 6.07 Å². The Labute approximate surface area is 107 Å². The first-order valence-electron chi connectivity index (χ1n) is 5.96. The van der Waals surface area contributed by atoms with Gasteiger partial charge in [-0.05, 0) is 44.0 Å². The summed E-state index contributed by atoms with van der Waals surface area (Å²) in [4.78, 5) is 0. The van der Waals surface area contributed by atoms with E-state index in [-0.39, 0.29) is 0 Å². The molecule has 3 nitrogen and oxygen atoms in total. The van der Waals surface area contributed by atoms with Gasteiger partial charge >= 0.3 is 0 Å². The Balaban J connectivity index is 1.82. The second kappa shape index (κ2) is 5.90. The fraction of sp³-hybridized carbons (Fsp3) is 0.462. The summed E-state index contributed by atoms with van der Waals surface area (Å²) in [5.74, 6) is 0. The lowest BCUT2D eigenvalue weighted by Gasteiger charge is -2.11. The van der Waals surface area contributed by atoms with Gasteiger partial charge < -0.3 is 10.6 Å². The van der Waals surface area contributed by atoms with E-state index in [4.69, 9.17) is 16.9 Å². The van der Waals surface area contributed by atoms with Crippen LogP contribution < -0.4 is 10.6 Å². The summed E-state index contributed by atoms with van der Waals surface area (Å²) in [5, 5.41) is 16.1. The van der Waals surface area contributed by atoms with E-state index in [1.54, 1.807) is 6.07 Å². The molecule has 1 atom stereocenters. The topological polar surface area (TPSA) is 47.9 Å². The van der Waals surface area contributed by atoms with Gasteiger partial charge in [0.2, 0.25) is 0 Å². The zero-order valence-corrected chi connectivity index (χ0v) is 10.4. The van der Waals surface area contributed by atoms with Crippen LogP contribution in [0.15, 0.2) is 18.2 Å². The Morgan fingerprint density at radius 3 is 3.06 bits per heavy atom. The lowest BCUT2D eigenvalue weighted by molar-refractivity contribution is 0.574. The molecule has 4 heteroatoms. The minimum absolute atomic E-state index is 0.511. The lowest BCUT2D eigenvalue weighted by atomic mass is 10.1. The van der Waals surface area contributed by atoms with Crippen LogP contribution in [0.3, 0.4) is 0 Å². The highest BCUT2D eigenvalue weighted by Crippen LogP contribution is 2.20. The minimum Gasteiger partial charge on any atom is -0.385 e. The summed E-state index contributed by atoms with van der Waals surface area (Å²) in [6, 6.07) is 8.15. The maximum absolute atomic E-state index is 8.77. The van der Waals surface area contributed by atoms with Crippen molar-refractivity contribution in [1.82, 2.24) is 5.32 Å². The van der Waals surface area contributed by atoms with Crippen molar-refractivity contribution in [2.75, 3.05) is 18.4 Å². The van der Waals surface area contributed by atoms with Gasteiger partial charge in [-0.2, -0.15) is 5.26 Å². The quantitative estimate of drug-likeness (QED) is 0.863. The largest absolute Gasteiger partial charge is 0.385 e. The smallest absolute Gasteiger partial charge is 0.101 e. The van der Waals surface area contributed by atoms with E-state index in [1.165, 1.54) is 12.8 Å². The first kappa shape index (κ1) is 12.2. The van der Waals surface area contributed by atoms with Gasteiger partial charge in [-0.1, -0.05) is 11.6 Å². The Hall–Kier alpha value is -1.24. The number of nitrogens with zero attached hydrogens (tertiary/aromatic N) is 1. The number of nitriles is 1. The van der Waals surface area contributed by atoms with Gasteiger partial charge in [0.25, 0.3) is 0 Å². The Morgan fingerprint density at radius 1 is 1.53 bits per heavy atom.